The molecule has 1 N–H and O–H groups in total. The van der Waals surface area contributed by atoms with Crippen LogP contribution in [0.1, 0.15) is 19.7 Å². The maximum Gasteiger partial charge on any atom is 0.131 e. The van der Waals surface area contributed by atoms with Gasteiger partial charge in [-0.1, -0.05) is 6.92 Å². The summed E-state index contributed by atoms with van der Waals surface area (Å²) in [7, 11) is 1.86. The summed E-state index contributed by atoms with van der Waals surface area (Å²) in [5.41, 5.74) is 1.95. The lowest BCUT2D eigenvalue weighted by molar-refractivity contribution is 0.665. The molecule has 2 rings (SSSR count). The van der Waals surface area contributed by atoms with Crippen molar-refractivity contribution in [3.63, 3.8) is 0 Å². The summed E-state index contributed by atoms with van der Waals surface area (Å²) in [4.78, 5) is 8.92. The largest absolute Gasteiger partial charge is 0.373 e. The van der Waals surface area contributed by atoms with Gasteiger partial charge in [0, 0.05) is 32.3 Å². The molecular weight excluding hydrogens is 214 g/mol. The molecule has 0 radical (unpaired) electrons. The number of hydrogen-bond acceptors (Lipinski definition) is 4. The molecule has 2 heterocycles. The van der Waals surface area contributed by atoms with Crippen LogP contribution in [0.3, 0.4) is 0 Å². The Morgan fingerprint density at radius 1 is 1.29 bits per heavy atom. The minimum atomic E-state index is 0.822. The first-order valence-corrected chi connectivity index (χ1v) is 5.86. The standard InChI is InChI=1S/C12H17N5/c1-4-11-15-9(8-12(13-3)16-11)10-6-7-14-17(10)5-2/h6-8H,4-5H2,1-3H3,(H,13,15,16). The molecule has 0 unspecified atom stereocenters. The molecule has 0 fully saturated rings. The van der Waals surface area contributed by atoms with Crippen molar-refractivity contribution in [1.29, 1.82) is 0 Å². The van der Waals surface area contributed by atoms with Gasteiger partial charge >= 0.3 is 0 Å². The molecule has 0 aliphatic carbocycles. The summed E-state index contributed by atoms with van der Waals surface area (Å²) in [6, 6.07) is 3.92. The summed E-state index contributed by atoms with van der Waals surface area (Å²) in [6.07, 6.45) is 2.62. The summed E-state index contributed by atoms with van der Waals surface area (Å²) in [5.74, 6) is 1.69. The highest BCUT2D eigenvalue weighted by atomic mass is 15.3. The second-order valence-corrected chi connectivity index (χ2v) is 3.69. The van der Waals surface area contributed by atoms with Gasteiger partial charge in [0.25, 0.3) is 0 Å². The van der Waals surface area contributed by atoms with E-state index in [2.05, 4.69) is 34.2 Å². The Balaban J connectivity index is 2.51. The normalized spacial score (nSPS) is 10.5. The van der Waals surface area contributed by atoms with E-state index in [1.54, 1.807) is 6.20 Å². The number of aromatic nitrogens is 4. The van der Waals surface area contributed by atoms with Gasteiger partial charge < -0.3 is 5.32 Å². The van der Waals surface area contributed by atoms with E-state index in [1.807, 2.05) is 23.9 Å². The topological polar surface area (TPSA) is 55.6 Å². The summed E-state index contributed by atoms with van der Waals surface area (Å²) < 4.78 is 1.93. The first-order valence-electron chi connectivity index (χ1n) is 5.86. The van der Waals surface area contributed by atoms with Crippen LogP contribution in [0.5, 0.6) is 0 Å². The molecule has 2 aromatic rings. The smallest absolute Gasteiger partial charge is 0.131 e. The molecule has 0 aromatic carbocycles. The molecule has 0 saturated heterocycles. The van der Waals surface area contributed by atoms with Crippen molar-refractivity contribution < 1.29 is 0 Å². The van der Waals surface area contributed by atoms with Gasteiger partial charge in [-0.05, 0) is 13.0 Å². The highest BCUT2D eigenvalue weighted by Crippen LogP contribution is 2.19. The number of nitrogens with one attached hydrogen (secondary N) is 1. The Morgan fingerprint density at radius 3 is 2.76 bits per heavy atom. The van der Waals surface area contributed by atoms with Crippen molar-refractivity contribution in [2.24, 2.45) is 0 Å². The van der Waals surface area contributed by atoms with Crippen molar-refractivity contribution in [2.45, 2.75) is 26.8 Å². The van der Waals surface area contributed by atoms with E-state index in [0.29, 0.717) is 0 Å². The highest BCUT2D eigenvalue weighted by Gasteiger charge is 2.08. The lowest BCUT2D eigenvalue weighted by Crippen LogP contribution is -2.04. The Kier molecular flexibility index (Phi) is 3.37. The second kappa shape index (κ2) is 4.95. The van der Waals surface area contributed by atoms with Crippen LogP contribution in [0.2, 0.25) is 0 Å². The average Bonchev–Trinajstić information content (AvgIpc) is 2.86. The van der Waals surface area contributed by atoms with E-state index in [0.717, 1.165) is 36.0 Å². The van der Waals surface area contributed by atoms with E-state index in [4.69, 9.17) is 0 Å². The number of hydrogen-bond donors (Lipinski definition) is 1. The number of nitrogens with zero attached hydrogens (tertiary/aromatic N) is 4. The third-order valence-electron chi connectivity index (χ3n) is 2.62. The maximum atomic E-state index is 4.54. The third-order valence-corrected chi connectivity index (χ3v) is 2.62. The Morgan fingerprint density at radius 2 is 2.12 bits per heavy atom. The Labute approximate surface area is 101 Å². The van der Waals surface area contributed by atoms with Crippen LogP contribution in [0.15, 0.2) is 18.3 Å². The minimum Gasteiger partial charge on any atom is -0.373 e. The first-order chi connectivity index (χ1) is 8.28. The van der Waals surface area contributed by atoms with Gasteiger partial charge in [-0.2, -0.15) is 5.10 Å². The number of aryl methyl sites for hydroxylation is 2. The Hall–Kier alpha value is -1.91. The van der Waals surface area contributed by atoms with Crippen LogP contribution in [0.4, 0.5) is 5.82 Å². The average molecular weight is 231 g/mol. The molecule has 2 aromatic heterocycles. The van der Waals surface area contributed by atoms with Crippen molar-refractivity contribution in [2.75, 3.05) is 12.4 Å². The molecule has 0 bridgehead atoms. The predicted octanol–water partition coefficient (Wildman–Crippen LogP) is 1.96. The summed E-state index contributed by atoms with van der Waals surface area (Å²) in [6.45, 7) is 4.95. The molecule has 0 saturated carbocycles. The van der Waals surface area contributed by atoms with Gasteiger partial charge in [0.05, 0.1) is 11.4 Å². The van der Waals surface area contributed by atoms with Gasteiger partial charge in [0.1, 0.15) is 11.6 Å². The lowest BCUT2D eigenvalue weighted by Gasteiger charge is -2.08. The predicted molar refractivity (Wildman–Crippen MR) is 67.9 cm³/mol. The van der Waals surface area contributed by atoms with Crippen LogP contribution in [0.25, 0.3) is 11.4 Å². The Bertz CT molecular complexity index is 481. The van der Waals surface area contributed by atoms with Crippen LogP contribution in [0, 0.1) is 0 Å². The third kappa shape index (κ3) is 2.27. The molecular formula is C12H17N5. The van der Waals surface area contributed by atoms with Crippen LogP contribution < -0.4 is 5.32 Å². The van der Waals surface area contributed by atoms with Crippen LogP contribution in [-0.4, -0.2) is 26.8 Å². The summed E-state index contributed by atoms with van der Waals surface area (Å²) >= 11 is 0. The van der Waals surface area contributed by atoms with Gasteiger partial charge in [0.15, 0.2) is 0 Å². The van der Waals surface area contributed by atoms with Gasteiger partial charge in [-0.3, -0.25) is 4.68 Å². The second-order valence-electron chi connectivity index (χ2n) is 3.69. The van der Waals surface area contributed by atoms with E-state index in [-0.39, 0.29) is 0 Å². The highest BCUT2D eigenvalue weighted by molar-refractivity contribution is 5.58. The maximum absolute atomic E-state index is 4.54. The minimum absolute atomic E-state index is 0.822. The van der Waals surface area contributed by atoms with E-state index in [1.165, 1.54) is 0 Å². The molecule has 0 aliphatic rings. The quantitative estimate of drug-likeness (QED) is 0.874. The zero-order chi connectivity index (χ0) is 12.3. The zero-order valence-corrected chi connectivity index (χ0v) is 10.4. The molecule has 0 aliphatic heterocycles. The molecule has 0 spiro atoms. The fraction of sp³-hybridized carbons (Fsp3) is 0.417. The van der Waals surface area contributed by atoms with Crippen molar-refractivity contribution >= 4 is 5.82 Å². The fourth-order valence-corrected chi connectivity index (χ4v) is 1.72. The summed E-state index contributed by atoms with van der Waals surface area (Å²) in [5, 5.41) is 7.32. The molecule has 90 valence electrons. The van der Waals surface area contributed by atoms with Crippen molar-refractivity contribution in [1.82, 2.24) is 19.7 Å². The van der Waals surface area contributed by atoms with Crippen LogP contribution in [-0.2, 0) is 13.0 Å². The van der Waals surface area contributed by atoms with Crippen molar-refractivity contribution in [3.05, 3.63) is 24.2 Å². The van der Waals surface area contributed by atoms with Gasteiger partial charge in [-0.25, -0.2) is 9.97 Å². The monoisotopic (exact) mass is 231 g/mol. The molecule has 17 heavy (non-hydrogen) atoms. The van der Waals surface area contributed by atoms with E-state index >= 15 is 0 Å². The van der Waals surface area contributed by atoms with E-state index < -0.39 is 0 Å². The van der Waals surface area contributed by atoms with Gasteiger partial charge in [0.2, 0.25) is 0 Å². The molecule has 5 heteroatoms. The molecule has 0 amide bonds. The lowest BCUT2D eigenvalue weighted by atomic mass is 10.2. The fourth-order valence-electron chi connectivity index (χ4n) is 1.72. The number of anilines is 1. The van der Waals surface area contributed by atoms with E-state index in [9.17, 15) is 0 Å². The SMILES string of the molecule is CCc1nc(NC)cc(-c2ccnn2CC)n1. The van der Waals surface area contributed by atoms with Crippen molar-refractivity contribution in [3.8, 4) is 11.4 Å². The first kappa shape index (κ1) is 11.6. The number of rotatable bonds is 4. The molecule has 0 atom stereocenters. The zero-order valence-electron chi connectivity index (χ0n) is 10.4. The molecule has 5 nitrogen and oxygen atoms in total. The van der Waals surface area contributed by atoms with Gasteiger partial charge in [-0.15, -0.1) is 0 Å². The van der Waals surface area contributed by atoms with Crippen LogP contribution >= 0.6 is 0 Å².